The highest BCUT2D eigenvalue weighted by Crippen LogP contribution is 2.35. The van der Waals surface area contributed by atoms with Crippen LogP contribution < -0.4 is 5.32 Å². The number of aromatic nitrogens is 1. The van der Waals surface area contributed by atoms with Gasteiger partial charge in [0.05, 0.1) is 17.3 Å². The molecular weight excluding hydrogens is 280 g/mol. The molecule has 1 atom stereocenters. The third kappa shape index (κ3) is 3.03. The summed E-state index contributed by atoms with van der Waals surface area (Å²) in [6.45, 7) is 2.65. The van der Waals surface area contributed by atoms with Gasteiger partial charge in [0.15, 0.2) is 0 Å². The Morgan fingerprint density at radius 1 is 1.19 bits per heavy atom. The summed E-state index contributed by atoms with van der Waals surface area (Å²) in [6, 6.07) is 11.3. The van der Waals surface area contributed by atoms with Crippen LogP contribution in [0.2, 0.25) is 0 Å². The van der Waals surface area contributed by atoms with Crippen LogP contribution in [0.5, 0.6) is 0 Å². The normalized spacial score (nSPS) is 21.8. The Morgan fingerprint density at radius 2 is 2.05 bits per heavy atom. The second kappa shape index (κ2) is 5.87. The zero-order valence-electron chi connectivity index (χ0n) is 12.0. The van der Waals surface area contributed by atoms with E-state index in [0.29, 0.717) is 5.92 Å². The summed E-state index contributed by atoms with van der Waals surface area (Å²) in [4.78, 5) is 6.33. The molecule has 4 heteroatoms. The quantitative estimate of drug-likeness (QED) is 0.916. The number of rotatable bonds is 5. The number of nitrogens with zero attached hydrogens (tertiary/aromatic N) is 1. The zero-order valence-corrected chi connectivity index (χ0v) is 12.9. The van der Waals surface area contributed by atoms with Crippen molar-refractivity contribution in [2.24, 2.45) is 0 Å². The van der Waals surface area contributed by atoms with E-state index < -0.39 is 0 Å². The Kier molecular flexibility index (Phi) is 3.76. The van der Waals surface area contributed by atoms with Crippen molar-refractivity contribution < 1.29 is 4.74 Å². The summed E-state index contributed by atoms with van der Waals surface area (Å²) in [5.74, 6) is 0.493. The van der Waals surface area contributed by atoms with E-state index in [1.54, 1.807) is 0 Å². The molecule has 0 amide bonds. The van der Waals surface area contributed by atoms with Gasteiger partial charge in [-0.25, -0.2) is 4.98 Å². The first-order valence-electron chi connectivity index (χ1n) is 7.76. The summed E-state index contributed by atoms with van der Waals surface area (Å²) in [5.41, 5.74) is 2.39. The van der Waals surface area contributed by atoms with Crippen LogP contribution >= 0.6 is 11.3 Å². The van der Waals surface area contributed by atoms with Gasteiger partial charge in [-0.3, -0.25) is 0 Å². The molecular formula is C17H20N2OS. The predicted molar refractivity (Wildman–Crippen MR) is 85.6 cm³/mol. The van der Waals surface area contributed by atoms with Gasteiger partial charge >= 0.3 is 0 Å². The van der Waals surface area contributed by atoms with Crippen LogP contribution in [-0.4, -0.2) is 24.2 Å². The van der Waals surface area contributed by atoms with E-state index in [2.05, 4.69) is 35.6 Å². The Hall–Kier alpha value is -1.23. The summed E-state index contributed by atoms with van der Waals surface area (Å²) in [7, 11) is 0. The number of hydrogen-bond donors (Lipinski definition) is 1. The molecule has 1 N–H and O–H groups in total. The second-order valence-electron chi connectivity index (χ2n) is 5.91. The Morgan fingerprint density at radius 3 is 2.76 bits per heavy atom. The van der Waals surface area contributed by atoms with Crippen molar-refractivity contribution in [1.82, 2.24) is 10.3 Å². The van der Waals surface area contributed by atoms with E-state index in [1.807, 2.05) is 11.3 Å². The van der Waals surface area contributed by atoms with Gasteiger partial charge in [0.1, 0.15) is 0 Å². The summed E-state index contributed by atoms with van der Waals surface area (Å²) >= 11 is 1.87. The van der Waals surface area contributed by atoms with Crippen molar-refractivity contribution in [3.05, 3.63) is 40.2 Å². The van der Waals surface area contributed by atoms with Crippen LogP contribution in [0.15, 0.2) is 30.3 Å². The summed E-state index contributed by atoms with van der Waals surface area (Å²) in [5, 5.41) is 4.88. The van der Waals surface area contributed by atoms with Gasteiger partial charge in [0, 0.05) is 35.6 Å². The van der Waals surface area contributed by atoms with Gasteiger partial charge in [-0.15, -0.1) is 11.3 Å². The molecule has 1 saturated heterocycles. The largest absolute Gasteiger partial charge is 0.381 e. The molecule has 1 aliphatic carbocycles. The van der Waals surface area contributed by atoms with Gasteiger partial charge in [-0.2, -0.15) is 0 Å². The molecule has 1 unspecified atom stereocenters. The SMILES string of the molecule is c1ccc(-c2nc(C3CCOC3)sc2CNC2CC2)cc1. The van der Waals surface area contributed by atoms with Crippen molar-refractivity contribution in [1.29, 1.82) is 0 Å². The number of ether oxygens (including phenoxy) is 1. The standard InChI is InChI=1S/C17H20N2OS/c1-2-4-12(5-3-1)16-15(10-18-14-6-7-14)21-17(19-16)13-8-9-20-11-13/h1-5,13-14,18H,6-11H2. The molecule has 21 heavy (non-hydrogen) atoms. The van der Waals surface area contributed by atoms with Crippen LogP contribution in [0.1, 0.15) is 35.1 Å². The van der Waals surface area contributed by atoms with E-state index in [0.717, 1.165) is 37.9 Å². The molecule has 0 spiro atoms. The average molecular weight is 300 g/mol. The Balaban J connectivity index is 1.64. The molecule has 1 aliphatic heterocycles. The molecule has 0 bridgehead atoms. The fraction of sp³-hybridized carbons (Fsp3) is 0.471. The molecule has 3 nitrogen and oxygen atoms in total. The van der Waals surface area contributed by atoms with Gasteiger partial charge < -0.3 is 10.1 Å². The van der Waals surface area contributed by atoms with Crippen LogP contribution in [0, 0.1) is 0 Å². The predicted octanol–water partition coefficient (Wildman–Crippen LogP) is 3.57. The van der Waals surface area contributed by atoms with Gasteiger partial charge in [-0.05, 0) is 19.3 Å². The molecule has 1 aromatic carbocycles. The minimum absolute atomic E-state index is 0.493. The molecule has 2 heterocycles. The maximum atomic E-state index is 5.53. The molecule has 0 radical (unpaired) electrons. The first-order chi connectivity index (χ1) is 10.4. The van der Waals surface area contributed by atoms with E-state index in [4.69, 9.17) is 9.72 Å². The lowest BCUT2D eigenvalue weighted by atomic mass is 10.1. The van der Waals surface area contributed by atoms with Crippen LogP contribution in [0.3, 0.4) is 0 Å². The number of hydrogen-bond acceptors (Lipinski definition) is 4. The lowest BCUT2D eigenvalue weighted by Gasteiger charge is -2.03. The summed E-state index contributed by atoms with van der Waals surface area (Å²) < 4.78 is 5.53. The van der Waals surface area contributed by atoms with Crippen LogP contribution in [0.25, 0.3) is 11.3 Å². The lowest BCUT2D eigenvalue weighted by molar-refractivity contribution is 0.194. The van der Waals surface area contributed by atoms with E-state index in [1.165, 1.54) is 28.3 Å². The van der Waals surface area contributed by atoms with Crippen molar-refractivity contribution in [3.63, 3.8) is 0 Å². The third-order valence-electron chi connectivity index (χ3n) is 4.17. The topological polar surface area (TPSA) is 34.1 Å². The maximum absolute atomic E-state index is 5.53. The van der Waals surface area contributed by atoms with Gasteiger partial charge in [0.25, 0.3) is 0 Å². The molecule has 1 aromatic heterocycles. The minimum atomic E-state index is 0.493. The van der Waals surface area contributed by atoms with Crippen LogP contribution in [-0.2, 0) is 11.3 Å². The number of benzene rings is 1. The van der Waals surface area contributed by atoms with E-state index >= 15 is 0 Å². The third-order valence-corrected chi connectivity index (χ3v) is 5.39. The van der Waals surface area contributed by atoms with Crippen LogP contribution in [0.4, 0.5) is 0 Å². The molecule has 110 valence electrons. The molecule has 2 aromatic rings. The van der Waals surface area contributed by atoms with Crippen molar-refractivity contribution in [3.8, 4) is 11.3 Å². The Bertz CT molecular complexity index is 601. The van der Waals surface area contributed by atoms with E-state index in [-0.39, 0.29) is 0 Å². The molecule has 2 fully saturated rings. The van der Waals surface area contributed by atoms with Crippen molar-refractivity contribution in [2.75, 3.05) is 13.2 Å². The molecule has 2 aliphatic rings. The van der Waals surface area contributed by atoms with Gasteiger partial charge in [0.2, 0.25) is 0 Å². The average Bonchev–Trinajstić information content (AvgIpc) is 3.03. The second-order valence-corrected chi connectivity index (χ2v) is 7.02. The zero-order chi connectivity index (χ0) is 14.1. The number of thiazole rings is 1. The highest BCUT2D eigenvalue weighted by molar-refractivity contribution is 7.12. The first kappa shape index (κ1) is 13.4. The smallest absolute Gasteiger partial charge is 0.0990 e. The van der Waals surface area contributed by atoms with Crippen molar-refractivity contribution >= 4 is 11.3 Å². The molecule has 1 saturated carbocycles. The van der Waals surface area contributed by atoms with Gasteiger partial charge in [-0.1, -0.05) is 30.3 Å². The Labute approximate surface area is 129 Å². The maximum Gasteiger partial charge on any atom is 0.0990 e. The molecule has 4 rings (SSSR count). The fourth-order valence-electron chi connectivity index (χ4n) is 2.74. The highest BCUT2D eigenvalue weighted by Gasteiger charge is 2.25. The number of nitrogens with one attached hydrogen (secondary N) is 1. The van der Waals surface area contributed by atoms with E-state index in [9.17, 15) is 0 Å². The minimum Gasteiger partial charge on any atom is -0.381 e. The fourth-order valence-corrected chi connectivity index (χ4v) is 3.90. The van der Waals surface area contributed by atoms with Crippen molar-refractivity contribution in [2.45, 2.75) is 37.8 Å². The summed E-state index contributed by atoms with van der Waals surface area (Å²) in [6.07, 6.45) is 3.75. The lowest BCUT2D eigenvalue weighted by Crippen LogP contribution is -2.14. The highest BCUT2D eigenvalue weighted by atomic mass is 32.1. The monoisotopic (exact) mass is 300 g/mol. The first-order valence-corrected chi connectivity index (χ1v) is 8.58.